The van der Waals surface area contributed by atoms with Crippen LogP contribution in [0.4, 0.5) is 13.2 Å². The van der Waals surface area contributed by atoms with E-state index in [9.17, 15) is 13.2 Å². The highest BCUT2D eigenvalue weighted by Gasteiger charge is 2.30. The van der Waals surface area contributed by atoms with Crippen LogP contribution in [0.2, 0.25) is 0 Å². The SMILES string of the molecule is FC(F)(F)c1ccc2c(c1)ncn2-c1ccncc1. The average molecular weight is 263 g/mol. The maximum Gasteiger partial charge on any atom is 0.416 e. The molecule has 1 aromatic carbocycles. The zero-order valence-corrected chi connectivity index (χ0v) is 9.59. The number of rotatable bonds is 1. The summed E-state index contributed by atoms with van der Waals surface area (Å²) in [5, 5.41) is 0. The van der Waals surface area contributed by atoms with Crippen molar-refractivity contribution >= 4 is 11.0 Å². The van der Waals surface area contributed by atoms with E-state index in [2.05, 4.69) is 9.97 Å². The fourth-order valence-electron chi connectivity index (χ4n) is 1.90. The lowest BCUT2D eigenvalue weighted by Crippen LogP contribution is -2.04. The van der Waals surface area contributed by atoms with Gasteiger partial charge in [-0.05, 0) is 30.3 Å². The third-order valence-electron chi connectivity index (χ3n) is 2.82. The molecule has 96 valence electrons. The van der Waals surface area contributed by atoms with Crippen LogP contribution < -0.4 is 0 Å². The first-order valence-corrected chi connectivity index (χ1v) is 5.50. The van der Waals surface area contributed by atoms with E-state index in [4.69, 9.17) is 0 Å². The lowest BCUT2D eigenvalue weighted by Gasteiger charge is -2.07. The van der Waals surface area contributed by atoms with Crippen molar-refractivity contribution in [3.8, 4) is 5.69 Å². The summed E-state index contributed by atoms with van der Waals surface area (Å²) in [6.07, 6.45) is 0.380. The van der Waals surface area contributed by atoms with Crippen LogP contribution in [0.1, 0.15) is 5.56 Å². The van der Waals surface area contributed by atoms with Crippen LogP contribution >= 0.6 is 0 Å². The Hall–Kier alpha value is -2.37. The summed E-state index contributed by atoms with van der Waals surface area (Å²) in [6, 6.07) is 7.05. The van der Waals surface area contributed by atoms with E-state index in [1.807, 2.05) is 0 Å². The molecule has 0 bridgehead atoms. The van der Waals surface area contributed by atoms with E-state index in [1.165, 1.54) is 12.4 Å². The number of pyridine rings is 1. The molecule has 19 heavy (non-hydrogen) atoms. The quantitative estimate of drug-likeness (QED) is 0.673. The van der Waals surface area contributed by atoms with E-state index >= 15 is 0 Å². The maximum atomic E-state index is 12.6. The number of alkyl halides is 3. The third-order valence-corrected chi connectivity index (χ3v) is 2.82. The molecule has 0 aliphatic rings. The van der Waals surface area contributed by atoms with Crippen LogP contribution in [0, 0.1) is 0 Å². The van der Waals surface area contributed by atoms with Gasteiger partial charge in [0.25, 0.3) is 0 Å². The molecule has 0 saturated carbocycles. The van der Waals surface area contributed by atoms with Gasteiger partial charge in [0.15, 0.2) is 0 Å². The molecule has 3 nitrogen and oxygen atoms in total. The van der Waals surface area contributed by atoms with Crippen molar-refractivity contribution in [2.45, 2.75) is 6.18 Å². The summed E-state index contributed by atoms with van der Waals surface area (Å²) in [5.74, 6) is 0. The Kier molecular flexibility index (Phi) is 2.51. The minimum atomic E-state index is -4.35. The van der Waals surface area contributed by atoms with Crippen molar-refractivity contribution in [1.29, 1.82) is 0 Å². The summed E-state index contributed by atoms with van der Waals surface area (Å²) >= 11 is 0. The van der Waals surface area contributed by atoms with Crippen LogP contribution in [0.15, 0.2) is 49.1 Å². The summed E-state index contributed by atoms with van der Waals surface area (Å²) in [5.41, 5.74) is 1.04. The van der Waals surface area contributed by atoms with Gasteiger partial charge in [-0.15, -0.1) is 0 Å². The smallest absolute Gasteiger partial charge is 0.299 e. The molecule has 0 saturated heterocycles. The molecule has 0 atom stereocenters. The van der Waals surface area contributed by atoms with Gasteiger partial charge in [0.2, 0.25) is 0 Å². The second kappa shape index (κ2) is 4.08. The van der Waals surface area contributed by atoms with Crippen molar-refractivity contribution in [2.75, 3.05) is 0 Å². The fraction of sp³-hybridized carbons (Fsp3) is 0.0769. The van der Waals surface area contributed by atoms with Gasteiger partial charge in [-0.1, -0.05) is 0 Å². The molecule has 0 aliphatic heterocycles. The Labute approximate surface area is 106 Å². The highest BCUT2D eigenvalue weighted by Crippen LogP contribution is 2.31. The normalized spacial score (nSPS) is 11.9. The number of imidazole rings is 1. The van der Waals surface area contributed by atoms with Crippen LogP contribution in [-0.2, 0) is 6.18 Å². The van der Waals surface area contributed by atoms with Gasteiger partial charge in [-0.25, -0.2) is 4.98 Å². The zero-order chi connectivity index (χ0) is 13.5. The predicted octanol–water partition coefficient (Wildman–Crippen LogP) is 3.44. The van der Waals surface area contributed by atoms with Crippen LogP contribution in [0.5, 0.6) is 0 Å². The average Bonchev–Trinajstić information content (AvgIpc) is 2.81. The first kappa shape index (κ1) is 11.7. The number of benzene rings is 1. The van der Waals surface area contributed by atoms with Crippen molar-refractivity contribution < 1.29 is 13.2 Å². The van der Waals surface area contributed by atoms with E-state index in [1.54, 1.807) is 29.1 Å². The van der Waals surface area contributed by atoms with Gasteiger partial charge in [-0.2, -0.15) is 13.2 Å². The molecule has 6 heteroatoms. The second-order valence-corrected chi connectivity index (χ2v) is 4.02. The molecule has 0 unspecified atom stereocenters. The highest BCUT2D eigenvalue weighted by molar-refractivity contribution is 5.78. The predicted molar refractivity (Wildman–Crippen MR) is 63.9 cm³/mol. The second-order valence-electron chi connectivity index (χ2n) is 4.02. The topological polar surface area (TPSA) is 30.7 Å². The first-order valence-electron chi connectivity index (χ1n) is 5.50. The summed E-state index contributed by atoms with van der Waals surface area (Å²) in [6.45, 7) is 0. The van der Waals surface area contributed by atoms with Gasteiger partial charge >= 0.3 is 6.18 Å². The Morgan fingerprint density at radius 2 is 1.74 bits per heavy atom. The molecule has 2 heterocycles. The van der Waals surface area contributed by atoms with E-state index < -0.39 is 11.7 Å². The molecule has 0 N–H and O–H groups in total. The van der Waals surface area contributed by atoms with Gasteiger partial charge < -0.3 is 0 Å². The van der Waals surface area contributed by atoms with Crippen molar-refractivity contribution in [3.05, 3.63) is 54.6 Å². The van der Waals surface area contributed by atoms with E-state index in [0.29, 0.717) is 11.0 Å². The monoisotopic (exact) mass is 263 g/mol. The molecule has 0 aliphatic carbocycles. The molecule has 3 rings (SSSR count). The van der Waals surface area contributed by atoms with Crippen LogP contribution in [0.3, 0.4) is 0 Å². The Morgan fingerprint density at radius 3 is 2.42 bits per heavy atom. The Balaban J connectivity index is 2.16. The number of hydrogen-bond donors (Lipinski definition) is 0. The lowest BCUT2D eigenvalue weighted by molar-refractivity contribution is -0.137. The van der Waals surface area contributed by atoms with Crippen molar-refractivity contribution in [3.63, 3.8) is 0 Å². The third kappa shape index (κ3) is 2.05. The summed E-state index contributed by atoms with van der Waals surface area (Å²) in [7, 11) is 0. The molecular formula is C13H8F3N3. The molecule has 0 amide bonds. The maximum absolute atomic E-state index is 12.6. The van der Waals surface area contributed by atoms with Gasteiger partial charge in [-0.3, -0.25) is 9.55 Å². The number of fused-ring (bicyclic) bond motifs is 1. The van der Waals surface area contributed by atoms with E-state index in [-0.39, 0.29) is 0 Å². The highest BCUT2D eigenvalue weighted by atomic mass is 19.4. The van der Waals surface area contributed by atoms with Crippen molar-refractivity contribution in [1.82, 2.24) is 14.5 Å². The summed E-state index contributed by atoms with van der Waals surface area (Å²) in [4.78, 5) is 7.91. The largest absolute Gasteiger partial charge is 0.416 e. The molecule has 3 aromatic rings. The number of nitrogens with zero attached hydrogens (tertiary/aromatic N) is 3. The molecular weight excluding hydrogens is 255 g/mol. The first-order chi connectivity index (χ1) is 9.05. The number of halogens is 3. The number of aromatic nitrogens is 3. The molecule has 2 aromatic heterocycles. The summed E-state index contributed by atoms with van der Waals surface area (Å²) < 4.78 is 39.5. The van der Waals surface area contributed by atoms with E-state index in [0.717, 1.165) is 17.8 Å². The van der Waals surface area contributed by atoms with Crippen molar-refractivity contribution in [2.24, 2.45) is 0 Å². The lowest BCUT2D eigenvalue weighted by atomic mass is 10.2. The zero-order valence-electron chi connectivity index (χ0n) is 9.59. The fourth-order valence-corrected chi connectivity index (χ4v) is 1.90. The molecule has 0 fully saturated rings. The molecule has 0 spiro atoms. The van der Waals surface area contributed by atoms with Crippen LogP contribution in [0.25, 0.3) is 16.7 Å². The standard InChI is InChI=1S/C13H8F3N3/c14-13(15,16)9-1-2-12-11(7-9)18-8-19(12)10-3-5-17-6-4-10/h1-8H. The minimum Gasteiger partial charge on any atom is -0.299 e. The minimum absolute atomic E-state index is 0.312. The Morgan fingerprint density at radius 1 is 1.00 bits per heavy atom. The van der Waals surface area contributed by atoms with Crippen LogP contribution in [-0.4, -0.2) is 14.5 Å². The van der Waals surface area contributed by atoms with Gasteiger partial charge in [0.1, 0.15) is 6.33 Å². The van der Waals surface area contributed by atoms with Gasteiger partial charge in [0, 0.05) is 12.4 Å². The van der Waals surface area contributed by atoms with Gasteiger partial charge in [0.05, 0.1) is 22.3 Å². The molecule has 0 radical (unpaired) electrons. The number of hydrogen-bond acceptors (Lipinski definition) is 2. The Bertz CT molecular complexity index is 717.